The molecule has 0 saturated carbocycles. The third-order valence-electron chi connectivity index (χ3n) is 3.98. The second-order valence-corrected chi connectivity index (χ2v) is 4.75. The second-order valence-electron chi connectivity index (χ2n) is 4.75. The highest BCUT2D eigenvalue weighted by molar-refractivity contribution is 5.64. The van der Waals surface area contributed by atoms with Crippen molar-refractivity contribution in [1.82, 2.24) is 0 Å². The molecule has 2 heteroatoms. The normalized spacial score (nSPS) is 31.3. The molecule has 0 radical (unpaired) electrons. The minimum Gasteiger partial charge on any atom is -0.357 e. The molecule has 0 aromatic heterocycles. The summed E-state index contributed by atoms with van der Waals surface area (Å²) in [6.07, 6.45) is 4.32. The Balaban J connectivity index is 2.17. The van der Waals surface area contributed by atoms with E-state index in [1.165, 1.54) is 11.3 Å². The van der Waals surface area contributed by atoms with Crippen LogP contribution in [0.2, 0.25) is 0 Å². The summed E-state index contributed by atoms with van der Waals surface area (Å²) in [5, 5.41) is 0. The molecule has 0 spiro atoms. The maximum Gasteiger partial charge on any atom is 0.140 e. The van der Waals surface area contributed by atoms with Crippen molar-refractivity contribution in [2.24, 2.45) is 0 Å². The molecule has 1 aromatic carbocycles. The van der Waals surface area contributed by atoms with Gasteiger partial charge in [0.05, 0.1) is 6.61 Å². The van der Waals surface area contributed by atoms with Crippen molar-refractivity contribution in [2.45, 2.75) is 24.5 Å². The summed E-state index contributed by atoms with van der Waals surface area (Å²) >= 11 is 0. The largest absolute Gasteiger partial charge is 0.357 e. The number of likely N-dealkylation sites (N-methyl/N-ethyl adjacent to an activating group) is 1. The molecule has 0 unspecified atom stereocenters. The van der Waals surface area contributed by atoms with Crippen LogP contribution in [0.1, 0.15) is 18.4 Å². The van der Waals surface area contributed by atoms with Crippen LogP contribution in [-0.4, -0.2) is 19.9 Å². The van der Waals surface area contributed by atoms with Gasteiger partial charge in [0, 0.05) is 18.2 Å². The Kier molecular flexibility index (Phi) is 2.08. The lowest BCUT2D eigenvalue weighted by molar-refractivity contribution is 0.0882. The van der Waals surface area contributed by atoms with Crippen LogP contribution in [0, 0.1) is 0 Å². The SMILES string of the molecule is C=CC[C@@]12CCO[C@@H]1N(C)c1ccccc12. The van der Waals surface area contributed by atoms with Gasteiger partial charge < -0.3 is 9.64 Å². The van der Waals surface area contributed by atoms with Crippen LogP contribution in [-0.2, 0) is 10.2 Å². The van der Waals surface area contributed by atoms with E-state index in [9.17, 15) is 0 Å². The zero-order valence-corrected chi connectivity index (χ0v) is 9.65. The Morgan fingerprint density at radius 1 is 1.56 bits per heavy atom. The fourth-order valence-electron chi connectivity index (χ4n) is 3.28. The van der Waals surface area contributed by atoms with Gasteiger partial charge in [-0.1, -0.05) is 24.3 Å². The number of allylic oxidation sites excluding steroid dienone is 1. The van der Waals surface area contributed by atoms with Crippen molar-refractivity contribution in [3.63, 3.8) is 0 Å². The molecule has 16 heavy (non-hydrogen) atoms. The molecule has 3 rings (SSSR count). The molecule has 2 atom stereocenters. The monoisotopic (exact) mass is 215 g/mol. The van der Waals surface area contributed by atoms with E-state index in [-0.39, 0.29) is 11.6 Å². The minimum atomic E-state index is 0.146. The van der Waals surface area contributed by atoms with Gasteiger partial charge in [-0.15, -0.1) is 6.58 Å². The van der Waals surface area contributed by atoms with Gasteiger partial charge in [-0.25, -0.2) is 0 Å². The van der Waals surface area contributed by atoms with Gasteiger partial charge in [0.15, 0.2) is 0 Å². The van der Waals surface area contributed by atoms with Crippen molar-refractivity contribution < 1.29 is 4.74 Å². The van der Waals surface area contributed by atoms with Crippen LogP contribution in [0.4, 0.5) is 5.69 Å². The first-order valence-corrected chi connectivity index (χ1v) is 5.84. The van der Waals surface area contributed by atoms with E-state index in [2.05, 4.69) is 42.8 Å². The van der Waals surface area contributed by atoms with Crippen LogP contribution in [0.3, 0.4) is 0 Å². The fourth-order valence-corrected chi connectivity index (χ4v) is 3.28. The van der Waals surface area contributed by atoms with E-state index in [0.717, 1.165) is 19.4 Å². The number of rotatable bonds is 2. The molecule has 0 N–H and O–H groups in total. The Morgan fingerprint density at radius 2 is 2.38 bits per heavy atom. The van der Waals surface area contributed by atoms with E-state index >= 15 is 0 Å². The molecule has 0 amide bonds. The highest BCUT2D eigenvalue weighted by Gasteiger charge is 2.52. The third-order valence-corrected chi connectivity index (χ3v) is 3.98. The quantitative estimate of drug-likeness (QED) is 0.703. The molecular weight excluding hydrogens is 198 g/mol. The van der Waals surface area contributed by atoms with Gasteiger partial charge in [-0.2, -0.15) is 0 Å². The molecular formula is C14H17NO. The highest BCUT2D eigenvalue weighted by Crippen LogP contribution is 2.52. The van der Waals surface area contributed by atoms with E-state index in [1.54, 1.807) is 0 Å². The first-order chi connectivity index (χ1) is 7.79. The van der Waals surface area contributed by atoms with Crippen LogP contribution in [0.25, 0.3) is 0 Å². The summed E-state index contributed by atoms with van der Waals surface area (Å²) in [7, 11) is 2.12. The summed E-state index contributed by atoms with van der Waals surface area (Å²) in [5.41, 5.74) is 2.89. The first kappa shape index (κ1) is 9.91. The Hall–Kier alpha value is -1.28. The topological polar surface area (TPSA) is 12.5 Å². The molecule has 2 aliphatic rings. The number of nitrogens with zero attached hydrogens (tertiary/aromatic N) is 1. The van der Waals surface area contributed by atoms with Crippen molar-refractivity contribution in [1.29, 1.82) is 0 Å². The van der Waals surface area contributed by atoms with E-state index < -0.39 is 0 Å². The molecule has 2 heterocycles. The Labute approximate surface area is 96.5 Å². The average molecular weight is 215 g/mol. The summed E-state index contributed by atoms with van der Waals surface area (Å²) < 4.78 is 5.91. The van der Waals surface area contributed by atoms with Crippen LogP contribution in [0.5, 0.6) is 0 Å². The van der Waals surface area contributed by atoms with Crippen LogP contribution in [0.15, 0.2) is 36.9 Å². The number of para-hydroxylation sites is 1. The van der Waals surface area contributed by atoms with Gasteiger partial charge in [0.25, 0.3) is 0 Å². The summed E-state index contributed by atoms with van der Waals surface area (Å²) in [5.74, 6) is 0. The second kappa shape index (κ2) is 3.36. The van der Waals surface area contributed by atoms with Crippen molar-refractivity contribution in [2.75, 3.05) is 18.6 Å². The first-order valence-electron chi connectivity index (χ1n) is 5.84. The van der Waals surface area contributed by atoms with Crippen molar-refractivity contribution in [3.8, 4) is 0 Å². The highest BCUT2D eigenvalue weighted by atomic mass is 16.5. The van der Waals surface area contributed by atoms with Gasteiger partial charge in [-0.05, 0) is 24.5 Å². The predicted molar refractivity (Wildman–Crippen MR) is 65.7 cm³/mol. The zero-order chi connectivity index (χ0) is 11.2. The molecule has 2 aliphatic heterocycles. The molecule has 1 saturated heterocycles. The maximum atomic E-state index is 5.91. The molecule has 0 bridgehead atoms. The summed E-state index contributed by atoms with van der Waals surface area (Å²) in [4.78, 5) is 2.27. The number of hydrogen-bond donors (Lipinski definition) is 0. The van der Waals surface area contributed by atoms with Crippen molar-refractivity contribution in [3.05, 3.63) is 42.5 Å². The number of anilines is 1. The molecule has 2 nitrogen and oxygen atoms in total. The van der Waals surface area contributed by atoms with Crippen LogP contribution < -0.4 is 4.90 Å². The molecule has 0 aliphatic carbocycles. The van der Waals surface area contributed by atoms with Crippen LogP contribution >= 0.6 is 0 Å². The Bertz CT molecular complexity index is 428. The zero-order valence-electron chi connectivity index (χ0n) is 9.65. The average Bonchev–Trinajstić information content (AvgIpc) is 2.81. The van der Waals surface area contributed by atoms with E-state index in [1.807, 2.05) is 6.08 Å². The lowest BCUT2D eigenvalue weighted by atomic mass is 9.77. The van der Waals surface area contributed by atoms with Gasteiger partial charge >= 0.3 is 0 Å². The van der Waals surface area contributed by atoms with Gasteiger partial charge in [-0.3, -0.25) is 0 Å². The van der Waals surface area contributed by atoms with Gasteiger partial charge in [0.1, 0.15) is 6.23 Å². The lowest BCUT2D eigenvalue weighted by Crippen LogP contribution is -2.39. The number of ether oxygens (including phenoxy) is 1. The molecule has 84 valence electrons. The predicted octanol–water partition coefficient (Wildman–Crippen LogP) is 2.70. The smallest absolute Gasteiger partial charge is 0.140 e. The minimum absolute atomic E-state index is 0.146. The molecule has 1 fully saturated rings. The Morgan fingerprint density at radius 3 is 3.19 bits per heavy atom. The maximum absolute atomic E-state index is 5.91. The summed E-state index contributed by atoms with van der Waals surface area (Å²) in [6.45, 7) is 4.76. The third kappa shape index (κ3) is 1.05. The van der Waals surface area contributed by atoms with Crippen molar-refractivity contribution >= 4 is 5.69 Å². The lowest BCUT2D eigenvalue weighted by Gasteiger charge is -2.29. The standard InChI is InChI=1S/C14H17NO/c1-3-8-14-9-10-16-13(14)15(2)12-7-5-4-6-11(12)14/h3-7,13H,1,8-10H2,2H3/t13-,14-/m0/s1. The number of fused-ring (bicyclic) bond motifs is 3. The fraction of sp³-hybridized carbons (Fsp3) is 0.429. The van der Waals surface area contributed by atoms with Gasteiger partial charge in [0.2, 0.25) is 0 Å². The number of benzene rings is 1. The molecule has 1 aromatic rings. The van der Waals surface area contributed by atoms with E-state index in [0.29, 0.717) is 0 Å². The summed E-state index contributed by atoms with van der Waals surface area (Å²) in [6, 6.07) is 8.64. The van der Waals surface area contributed by atoms with E-state index in [4.69, 9.17) is 4.74 Å². The number of hydrogen-bond acceptors (Lipinski definition) is 2.